The van der Waals surface area contributed by atoms with E-state index in [-0.39, 0.29) is 6.17 Å². The Balaban J connectivity index is 1.14. The van der Waals surface area contributed by atoms with E-state index >= 15 is 0 Å². The van der Waals surface area contributed by atoms with Crippen molar-refractivity contribution >= 4 is 54.9 Å². The zero-order valence-electron chi connectivity index (χ0n) is 27.1. The number of nitrogens with zero attached hydrogens (tertiary/aromatic N) is 3. The molecular formula is C46H30N4. The normalized spacial score (nSPS) is 14.1. The molecule has 234 valence electrons. The number of para-hydroxylation sites is 4. The van der Waals surface area contributed by atoms with Gasteiger partial charge in [0.05, 0.1) is 33.7 Å². The van der Waals surface area contributed by atoms with Crippen molar-refractivity contribution in [2.75, 3.05) is 5.32 Å². The number of fused-ring (bicyclic) bond motifs is 7. The number of rotatable bonds is 4. The highest BCUT2D eigenvalue weighted by Gasteiger charge is 2.24. The molecule has 0 aliphatic carbocycles. The smallest absolute Gasteiger partial charge is 0.124 e. The van der Waals surface area contributed by atoms with Crippen LogP contribution in [0.15, 0.2) is 170 Å². The molecule has 3 heterocycles. The summed E-state index contributed by atoms with van der Waals surface area (Å²) in [5, 5.41) is 18.4. The number of hydrogen-bond donors (Lipinski definition) is 1. The second-order valence-electron chi connectivity index (χ2n) is 12.9. The van der Waals surface area contributed by atoms with Crippen molar-refractivity contribution in [3.05, 3.63) is 187 Å². The molecule has 1 unspecified atom stereocenters. The maximum Gasteiger partial charge on any atom is 0.124 e. The molecular weight excluding hydrogens is 609 g/mol. The minimum atomic E-state index is -0.139. The van der Waals surface area contributed by atoms with Crippen LogP contribution in [-0.2, 0) is 0 Å². The third-order valence-corrected chi connectivity index (χ3v) is 10.2. The molecule has 1 N–H and O–H groups in total. The summed E-state index contributed by atoms with van der Waals surface area (Å²) in [5.74, 6) is 0. The van der Waals surface area contributed by atoms with Crippen LogP contribution in [0, 0.1) is 11.3 Å². The van der Waals surface area contributed by atoms with Crippen molar-refractivity contribution in [1.82, 2.24) is 9.13 Å². The first-order chi connectivity index (χ1) is 24.7. The number of anilines is 1. The van der Waals surface area contributed by atoms with Gasteiger partial charge in [-0.1, -0.05) is 97.1 Å². The lowest BCUT2D eigenvalue weighted by Gasteiger charge is -2.29. The van der Waals surface area contributed by atoms with Crippen LogP contribution < -0.4 is 5.32 Å². The Morgan fingerprint density at radius 3 is 1.92 bits per heavy atom. The van der Waals surface area contributed by atoms with Crippen LogP contribution in [0.5, 0.6) is 0 Å². The Kier molecular flexibility index (Phi) is 6.27. The summed E-state index contributed by atoms with van der Waals surface area (Å²) < 4.78 is 4.77. The average molecular weight is 639 g/mol. The molecule has 0 bridgehead atoms. The van der Waals surface area contributed by atoms with E-state index in [0.29, 0.717) is 5.56 Å². The quantitative estimate of drug-likeness (QED) is 0.208. The SMILES string of the molecule is N#Cc1cccc(C2=CC(n3c4ccccc4c4cc(-c5ccc6c(c5)c5ccccc5n6-c5ccccc5)ccc43)Nc3ccccc32)c1. The van der Waals surface area contributed by atoms with Gasteiger partial charge in [-0.25, -0.2) is 0 Å². The van der Waals surface area contributed by atoms with Gasteiger partial charge in [0.1, 0.15) is 6.17 Å². The van der Waals surface area contributed by atoms with Gasteiger partial charge in [0.25, 0.3) is 0 Å². The monoisotopic (exact) mass is 638 g/mol. The van der Waals surface area contributed by atoms with Crippen LogP contribution in [-0.4, -0.2) is 9.13 Å². The first-order valence-electron chi connectivity index (χ1n) is 17.0. The minimum absolute atomic E-state index is 0.139. The largest absolute Gasteiger partial charge is 0.361 e. The molecule has 7 aromatic carbocycles. The van der Waals surface area contributed by atoms with Gasteiger partial charge in [0, 0.05) is 38.5 Å². The van der Waals surface area contributed by atoms with Crippen LogP contribution in [0.1, 0.15) is 22.9 Å². The minimum Gasteiger partial charge on any atom is -0.361 e. The molecule has 0 fully saturated rings. The maximum absolute atomic E-state index is 9.66. The second kappa shape index (κ2) is 11.1. The van der Waals surface area contributed by atoms with Gasteiger partial charge in [-0.05, 0) is 95.1 Å². The predicted molar refractivity (Wildman–Crippen MR) is 207 cm³/mol. The van der Waals surface area contributed by atoms with Crippen LogP contribution in [0.25, 0.3) is 66.0 Å². The lowest BCUT2D eigenvalue weighted by Crippen LogP contribution is -2.20. The number of aromatic nitrogens is 2. The molecule has 9 aromatic rings. The van der Waals surface area contributed by atoms with E-state index in [1.165, 1.54) is 49.2 Å². The molecule has 0 radical (unpaired) electrons. The average Bonchev–Trinajstić information content (AvgIpc) is 3.70. The van der Waals surface area contributed by atoms with Crippen molar-refractivity contribution in [3.8, 4) is 22.9 Å². The lowest BCUT2D eigenvalue weighted by atomic mass is 9.92. The van der Waals surface area contributed by atoms with E-state index in [4.69, 9.17) is 0 Å². The van der Waals surface area contributed by atoms with Gasteiger partial charge in [-0.2, -0.15) is 5.26 Å². The molecule has 1 aliphatic heterocycles. The first-order valence-corrected chi connectivity index (χ1v) is 17.0. The summed E-state index contributed by atoms with van der Waals surface area (Å²) in [6.45, 7) is 0. The summed E-state index contributed by atoms with van der Waals surface area (Å²) in [5.41, 5.74) is 13.3. The zero-order chi connectivity index (χ0) is 33.2. The Morgan fingerprint density at radius 2 is 1.12 bits per heavy atom. The van der Waals surface area contributed by atoms with Gasteiger partial charge in [-0.15, -0.1) is 0 Å². The van der Waals surface area contributed by atoms with Crippen LogP contribution >= 0.6 is 0 Å². The highest BCUT2D eigenvalue weighted by atomic mass is 15.2. The van der Waals surface area contributed by atoms with E-state index in [0.717, 1.165) is 33.6 Å². The van der Waals surface area contributed by atoms with Crippen molar-refractivity contribution in [3.63, 3.8) is 0 Å². The lowest BCUT2D eigenvalue weighted by molar-refractivity contribution is 0.722. The third-order valence-electron chi connectivity index (χ3n) is 10.2. The molecule has 0 spiro atoms. The van der Waals surface area contributed by atoms with Crippen LogP contribution in [0.3, 0.4) is 0 Å². The first kappa shape index (κ1) is 28.2. The third kappa shape index (κ3) is 4.31. The molecule has 0 amide bonds. The molecule has 1 aliphatic rings. The van der Waals surface area contributed by atoms with Crippen molar-refractivity contribution in [2.45, 2.75) is 6.17 Å². The number of hydrogen-bond acceptors (Lipinski definition) is 2. The zero-order valence-corrected chi connectivity index (χ0v) is 27.1. The van der Waals surface area contributed by atoms with Crippen molar-refractivity contribution < 1.29 is 0 Å². The molecule has 1 atom stereocenters. The Hall–Kier alpha value is -6.83. The van der Waals surface area contributed by atoms with E-state index < -0.39 is 0 Å². The fourth-order valence-corrected chi connectivity index (χ4v) is 7.93. The highest BCUT2D eigenvalue weighted by Crippen LogP contribution is 2.42. The standard InChI is InChI=1S/C46H30N4/c47-29-30-11-10-12-33(25-30)38-28-46(48-41-18-7-4-15-35(38)41)50-43-20-9-6-17-37(43)40-27-32(22-24-45(40)50)31-21-23-44-39(26-31)36-16-5-8-19-42(36)49(44)34-13-2-1-3-14-34/h1-28,46,48H. The molecule has 4 nitrogen and oxygen atoms in total. The van der Waals surface area contributed by atoms with Crippen LogP contribution in [0.4, 0.5) is 5.69 Å². The number of nitriles is 1. The summed E-state index contributed by atoms with van der Waals surface area (Å²) in [6, 6.07) is 60.4. The Bertz CT molecular complexity index is 2860. The van der Waals surface area contributed by atoms with Crippen molar-refractivity contribution in [1.29, 1.82) is 5.26 Å². The number of nitrogens with one attached hydrogen (secondary N) is 1. The van der Waals surface area contributed by atoms with E-state index in [1.54, 1.807) is 0 Å². The van der Waals surface area contributed by atoms with Gasteiger partial charge in [0.2, 0.25) is 0 Å². The molecule has 2 aromatic heterocycles. The Labute approximate surface area is 289 Å². The molecule has 10 rings (SSSR count). The second-order valence-corrected chi connectivity index (χ2v) is 12.9. The van der Waals surface area contributed by atoms with E-state index in [2.05, 4.69) is 172 Å². The summed E-state index contributed by atoms with van der Waals surface area (Å²) in [4.78, 5) is 0. The van der Waals surface area contributed by atoms with Crippen LogP contribution in [0.2, 0.25) is 0 Å². The topological polar surface area (TPSA) is 45.7 Å². The van der Waals surface area contributed by atoms with E-state index in [9.17, 15) is 5.26 Å². The summed E-state index contributed by atoms with van der Waals surface area (Å²) in [7, 11) is 0. The molecule has 0 saturated heterocycles. The molecule has 0 saturated carbocycles. The van der Waals surface area contributed by atoms with E-state index in [1.807, 2.05) is 18.2 Å². The van der Waals surface area contributed by atoms with Crippen molar-refractivity contribution in [2.24, 2.45) is 0 Å². The molecule has 4 heteroatoms. The van der Waals surface area contributed by atoms with Gasteiger partial charge >= 0.3 is 0 Å². The number of benzene rings is 7. The fraction of sp³-hybridized carbons (Fsp3) is 0.0217. The molecule has 50 heavy (non-hydrogen) atoms. The van der Waals surface area contributed by atoms with Gasteiger partial charge < -0.3 is 14.5 Å². The maximum atomic E-state index is 9.66. The summed E-state index contributed by atoms with van der Waals surface area (Å²) in [6.07, 6.45) is 2.16. The van der Waals surface area contributed by atoms with Gasteiger partial charge in [0.15, 0.2) is 0 Å². The fourth-order valence-electron chi connectivity index (χ4n) is 7.93. The summed E-state index contributed by atoms with van der Waals surface area (Å²) >= 11 is 0. The van der Waals surface area contributed by atoms with Gasteiger partial charge in [-0.3, -0.25) is 0 Å². The highest BCUT2D eigenvalue weighted by molar-refractivity contribution is 6.12. The Morgan fingerprint density at radius 1 is 0.500 bits per heavy atom. The predicted octanol–water partition coefficient (Wildman–Crippen LogP) is 11.5.